The van der Waals surface area contributed by atoms with Crippen molar-refractivity contribution < 1.29 is 9.59 Å². The van der Waals surface area contributed by atoms with Crippen molar-refractivity contribution in [3.05, 3.63) is 73.6 Å². The predicted octanol–water partition coefficient (Wildman–Crippen LogP) is 5.17. The van der Waals surface area contributed by atoms with Crippen molar-refractivity contribution in [2.45, 2.75) is 39.0 Å². The van der Waals surface area contributed by atoms with Gasteiger partial charge in [-0.1, -0.05) is 30.0 Å². The molecule has 4 rings (SSSR count). The smallest absolute Gasteiger partial charge is 0.234 e. The largest absolute Gasteiger partial charge is 0.352 e. The molecule has 0 saturated heterocycles. The fourth-order valence-corrected chi connectivity index (χ4v) is 5.68. The van der Waals surface area contributed by atoms with Gasteiger partial charge >= 0.3 is 0 Å². The molecule has 5 nitrogen and oxygen atoms in total. The van der Waals surface area contributed by atoms with Gasteiger partial charge in [-0.05, 0) is 55.3 Å². The van der Waals surface area contributed by atoms with Crippen molar-refractivity contribution in [1.82, 2.24) is 5.32 Å². The van der Waals surface area contributed by atoms with Crippen molar-refractivity contribution in [3.63, 3.8) is 0 Å². The van der Waals surface area contributed by atoms with E-state index in [4.69, 9.17) is 0 Å². The number of rotatable bonds is 5. The zero-order valence-corrected chi connectivity index (χ0v) is 19.1. The van der Waals surface area contributed by atoms with Gasteiger partial charge in [-0.25, -0.2) is 0 Å². The average molecular weight is 450 g/mol. The molecule has 1 unspecified atom stereocenters. The van der Waals surface area contributed by atoms with E-state index in [9.17, 15) is 14.9 Å². The third-order valence-electron chi connectivity index (χ3n) is 5.51. The monoisotopic (exact) mass is 449 g/mol. The first-order valence-corrected chi connectivity index (χ1v) is 12.0. The number of allylic oxidation sites excluding steroid dienone is 3. The Bertz CT molecular complexity index is 1140. The predicted molar refractivity (Wildman–Crippen MR) is 126 cm³/mol. The zero-order valence-electron chi connectivity index (χ0n) is 17.5. The quantitative estimate of drug-likeness (QED) is 0.658. The Morgan fingerprint density at radius 1 is 1.32 bits per heavy atom. The number of carbonyl (C=O) groups excluding carboxylic acids is 2. The standard InChI is InChI=1S/C24H23N3O2S2/c1-14-8-9-15(2)18(11-14)26-21(29)13-31-24-16(12-25)22(20-7-4-10-30-20)23-17(27-24)5-3-6-19(23)28/h4,7-11,22,27H,3,5-6,13H2,1-2H3,(H,26,29). The Labute approximate surface area is 190 Å². The van der Waals surface area contributed by atoms with Gasteiger partial charge in [0.2, 0.25) is 5.91 Å². The number of carbonyl (C=O) groups is 2. The topological polar surface area (TPSA) is 82.0 Å². The number of nitrogens with one attached hydrogen (secondary N) is 2. The molecule has 1 atom stereocenters. The molecule has 0 spiro atoms. The van der Waals surface area contributed by atoms with Crippen LogP contribution in [0.4, 0.5) is 5.69 Å². The van der Waals surface area contributed by atoms with Crippen LogP contribution >= 0.6 is 23.1 Å². The van der Waals surface area contributed by atoms with Crippen LogP contribution in [-0.4, -0.2) is 17.4 Å². The van der Waals surface area contributed by atoms with E-state index in [1.165, 1.54) is 11.8 Å². The third kappa shape index (κ3) is 4.46. The van der Waals surface area contributed by atoms with E-state index in [-0.39, 0.29) is 23.4 Å². The minimum absolute atomic E-state index is 0.108. The number of benzene rings is 1. The molecule has 1 amide bonds. The molecule has 0 radical (unpaired) electrons. The lowest BCUT2D eigenvalue weighted by Gasteiger charge is -2.32. The second-order valence-corrected chi connectivity index (χ2v) is 9.72. The Morgan fingerprint density at radius 3 is 2.90 bits per heavy atom. The number of hydrogen-bond acceptors (Lipinski definition) is 6. The number of Topliss-reactive ketones (excluding diaryl/α,β-unsaturated/α-hetero) is 1. The number of nitrogens with zero attached hydrogens (tertiary/aromatic N) is 1. The molecular formula is C24H23N3O2S2. The maximum Gasteiger partial charge on any atom is 0.234 e. The van der Waals surface area contributed by atoms with Gasteiger partial charge < -0.3 is 10.6 Å². The number of thiophene rings is 1. The molecule has 2 aliphatic rings. The summed E-state index contributed by atoms with van der Waals surface area (Å²) in [5.74, 6) is -0.193. The number of anilines is 1. The van der Waals surface area contributed by atoms with Crippen molar-refractivity contribution in [2.24, 2.45) is 0 Å². The van der Waals surface area contributed by atoms with Crippen molar-refractivity contribution >= 4 is 40.5 Å². The lowest BCUT2D eigenvalue weighted by molar-refractivity contribution is -0.116. The lowest BCUT2D eigenvalue weighted by atomic mass is 9.79. The summed E-state index contributed by atoms with van der Waals surface area (Å²) in [6.45, 7) is 3.95. The second-order valence-electron chi connectivity index (χ2n) is 7.75. The molecule has 2 N–H and O–H groups in total. The summed E-state index contributed by atoms with van der Waals surface area (Å²) in [4.78, 5) is 26.3. The first-order valence-electron chi connectivity index (χ1n) is 10.2. The number of thioether (sulfide) groups is 1. The normalized spacial score (nSPS) is 18.4. The summed E-state index contributed by atoms with van der Waals surface area (Å²) < 4.78 is 0. The van der Waals surface area contributed by atoms with Crippen LogP contribution in [0.1, 0.15) is 41.2 Å². The molecule has 2 aromatic rings. The van der Waals surface area contributed by atoms with Crippen LogP contribution < -0.4 is 10.6 Å². The molecule has 1 aliphatic carbocycles. The summed E-state index contributed by atoms with van der Waals surface area (Å²) in [7, 11) is 0. The van der Waals surface area contributed by atoms with Crippen molar-refractivity contribution in [2.75, 3.05) is 11.1 Å². The Morgan fingerprint density at radius 2 is 2.16 bits per heavy atom. The van der Waals surface area contributed by atoms with E-state index in [1.807, 2.05) is 49.6 Å². The molecule has 0 bridgehead atoms. The second kappa shape index (κ2) is 9.13. The fourth-order valence-electron chi connectivity index (χ4n) is 3.97. The molecule has 158 valence electrons. The van der Waals surface area contributed by atoms with E-state index in [2.05, 4.69) is 16.7 Å². The first kappa shape index (κ1) is 21.4. The van der Waals surface area contributed by atoms with Crippen LogP contribution in [0.25, 0.3) is 0 Å². The Hall–Kier alpha value is -2.82. The minimum atomic E-state index is -0.348. The molecule has 0 saturated carbocycles. The summed E-state index contributed by atoms with van der Waals surface area (Å²) in [6.07, 6.45) is 2.09. The molecule has 1 aromatic carbocycles. The number of amides is 1. The van der Waals surface area contributed by atoms with Crippen LogP contribution in [0, 0.1) is 25.2 Å². The van der Waals surface area contributed by atoms with Gasteiger partial charge in [0.1, 0.15) is 0 Å². The lowest BCUT2D eigenvalue weighted by Crippen LogP contribution is -2.31. The summed E-state index contributed by atoms with van der Waals surface area (Å²) in [5, 5.41) is 18.9. The van der Waals surface area contributed by atoms with Crippen LogP contribution in [-0.2, 0) is 9.59 Å². The van der Waals surface area contributed by atoms with Crippen LogP contribution in [0.2, 0.25) is 0 Å². The first-order chi connectivity index (χ1) is 15.0. The van der Waals surface area contributed by atoms with Gasteiger partial charge in [-0.2, -0.15) is 5.26 Å². The van der Waals surface area contributed by atoms with Gasteiger partial charge in [0.25, 0.3) is 0 Å². The van der Waals surface area contributed by atoms with Gasteiger partial charge in [0, 0.05) is 28.3 Å². The summed E-state index contributed by atoms with van der Waals surface area (Å²) in [5.41, 5.74) is 5.01. The minimum Gasteiger partial charge on any atom is -0.352 e. The third-order valence-corrected chi connectivity index (χ3v) is 7.46. The zero-order chi connectivity index (χ0) is 22.0. The van der Waals surface area contributed by atoms with E-state index in [1.54, 1.807) is 11.3 Å². The Kier molecular flexibility index (Phi) is 6.30. The fraction of sp³-hybridized carbons (Fsp3) is 0.292. The van der Waals surface area contributed by atoms with Gasteiger partial charge in [-0.15, -0.1) is 11.3 Å². The molecule has 1 aromatic heterocycles. The van der Waals surface area contributed by atoms with Gasteiger partial charge in [-0.3, -0.25) is 9.59 Å². The maximum absolute atomic E-state index is 12.7. The van der Waals surface area contributed by atoms with Crippen LogP contribution in [0.5, 0.6) is 0 Å². The molecular weight excluding hydrogens is 426 g/mol. The molecule has 0 fully saturated rings. The number of hydrogen-bond donors (Lipinski definition) is 2. The highest BCUT2D eigenvalue weighted by Crippen LogP contribution is 2.45. The van der Waals surface area contributed by atoms with Gasteiger partial charge in [0.05, 0.1) is 28.3 Å². The highest BCUT2D eigenvalue weighted by atomic mass is 32.2. The number of ketones is 1. The molecule has 1 aliphatic heterocycles. The molecule has 31 heavy (non-hydrogen) atoms. The van der Waals surface area contributed by atoms with Crippen molar-refractivity contribution in [3.8, 4) is 6.07 Å². The van der Waals surface area contributed by atoms with Gasteiger partial charge in [0.15, 0.2) is 5.78 Å². The summed E-state index contributed by atoms with van der Waals surface area (Å²) >= 11 is 2.87. The van der Waals surface area contributed by atoms with E-state index in [0.29, 0.717) is 17.0 Å². The number of aryl methyl sites for hydroxylation is 2. The average Bonchev–Trinajstić information content (AvgIpc) is 3.28. The Balaban J connectivity index is 1.58. The van der Waals surface area contributed by atoms with Crippen LogP contribution in [0.15, 0.2) is 57.6 Å². The SMILES string of the molecule is Cc1ccc(C)c(NC(=O)CSC2=C(C#N)C(c3cccs3)C3=C(CCCC3=O)N2)c1. The summed E-state index contributed by atoms with van der Waals surface area (Å²) in [6, 6.07) is 12.2. The van der Waals surface area contributed by atoms with Crippen LogP contribution in [0.3, 0.4) is 0 Å². The highest BCUT2D eigenvalue weighted by Gasteiger charge is 2.37. The van der Waals surface area contributed by atoms with E-state index >= 15 is 0 Å². The molecule has 2 heterocycles. The van der Waals surface area contributed by atoms with E-state index < -0.39 is 0 Å². The highest BCUT2D eigenvalue weighted by molar-refractivity contribution is 8.03. The van der Waals surface area contributed by atoms with E-state index in [0.717, 1.165) is 45.8 Å². The number of dihydropyridines is 1. The maximum atomic E-state index is 12.7. The number of nitriles is 1. The molecule has 7 heteroatoms. The van der Waals surface area contributed by atoms with Crippen molar-refractivity contribution in [1.29, 1.82) is 5.26 Å².